The first-order valence-corrected chi connectivity index (χ1v) is 9.79. The monoisotopic (exact) mass is 412 g/mol. The molecule has 0 heterocycles. The van der Waals surface area contributed by atoms with Gasteiger partial charge in [0.1, 0.15) is 11.6 Å². The van der Waals surface area contributed by atoms with E-state index in [1.54, 1.807) is 76.2 Å². The van der Waals surface area contributed by atoms with E-state index in [4.69, 9.17) is 9.47 Å². The highest BCUT2D eigenvalue weighted by Crippen LogP contribution is 2.14. The van der Waals surface area contributed by atoms with Crippen LogP contribution in [0.3, 0.4) is 0 Å². The Bertz CT molecular complexity index is 857. The predicted molar refractivity (Wildman–Crippen MR) is 114 cm³/mol. The van der Waals surface area contributed by atoms with Gasteiger partial charge < -0.3 is 20.1 Å². The smallest absolute Gasteiger partial charge is 0.408 e. The molecule has 0 bridgehead atoms. The van der Waals surface area contributed by atoms with Gasteiger partial charge in [-0.05, 0) is 57.5 Å². The summed E-state index contributed by atoms with van der Waals surface area (Å²) in [6.45, 7) is 7.14. The maximum Gasteiger partial charge on any atom is 0.408 e. The molecular weight excluding hydrogens is 384 g/mol. The number of hydrogen-bond donors (Lipinski definition) is 2. The molecule has 0 aliphatic carbocycles. The summed E-state index contributed by atoms with van der Waals surface area (Å²) in [5.74, 6) is -0.746. The molecular formula is C23H28N2O5. The number of ether oxygens (including phenoxy) is 2. The highest BCUT2D eigenvalue weighted by Gasteiger charge is 2.25. The van der Waals surface area contributed by atoms with Crippen molar-refractivity contribution in [2.45, 2.75) is 45.8 Å². The van der Waals surface area contributed by atoms with Gasteiger partial charge in [0.2, 0.25) is 0 Å². The molecule has 160 valence electrons. The van der Waals surface area contributed by atoms with Crippen LogP contribution in [0, 0.1) is 0 Å². The highest BCUT2D eigenvalue weighted by atomic mass is 16.6. The number of amides is 2. The first-order valence-electron chi connectivity index (χ1n) is 9.79. The lowest BCUT2D eigenvalue weighted by Gasteiger charge is -2.23. The van der Waals surface area contributed by atoms with Gasteiger partial charge in [0.05, 0.1) is 6.61 Å². The van der Waals surface area contributed by atoms with Crippen LogP contribution < -0.4 is 10.6 Å². The number of carbonyl (C=O) groups is 3. The Balaban J connectivity index is 2.03. The Morgan fingerprint density at radius 3 is 2.17 bits per heavy atom. The largest absolute Gasteiger partial charge is 0.464 e. The Morgan fingerprint density at radius 1 is 0.967 bits per heavy atom. The van der Waals surface area contributed by atoms with E-state index in [0.29, 0.717) is 11.3 Å². The van der Waals surface area contributed by atoms with Crippen molar-refractivity contribution in [2.24, 2.45) is 0 Å². The molecule has 0 aliphatic heterocycles. The molecule has 0 radical (unpaired) electrons. The van der Waals surface area contributed by atoms with Crippen molar-refractivity contribution in [1.29, 1.82) is 0 Å². The third-order valence-electron chi connectivity index (χ3n) is 3.95. The van der Waals surface area contributed by atoms with E-state index < -0.39 is 23.7 Å². The summed E-state index contributed by atoms with van der Waals surface area (Å²) < 4.78 is 10.3. The van der Waals surface area contributed by atoms with Gasteiger partial charge in [-0.25, -0.2) is 9.59 Å². The number of carbonyl (C=O) groups excluding carboxylic acids is 3. The molecule has 7 nitrogen and oxygen atoms in total. The molecule has 0 spiro atoms. The van der Waals surface area contributed by atoms with E-state index in [0.717, 1.165) is 5.56 Å². The average molecular weight is 412 g/mol. The maximum absolute atomic E-state index is 12.3. The second-order valence-corrected chi connectivity index (χ2v) is 7.67. The van der Waals surface area contributed by atoms with Crippen LogP contribution in [0.25, 0.3) is 0 Å². The Morgan fingerprint density at radius 2 is 1.60 bits per heavy atom. The number of anilines is 1. The number of benzene rings is 2. The van der Waals surface area contributed by atoms with Crippen molar-refractivity contribution >= 4 is 23.7 Å². The molecule has 30 heavy (non-hydrogen) atoms. The summed E-state index contributed by atoms with van der Waals surface area (Å²) in [6.07, 6.45) is -0.461. The van der Waals surface area contributed by atoms with E-state index >= 15 is 0 Å². The zero-order chi connectivity index (χ0) is 22.1. The minimum atomic E-state index is -0.885. The fourth-order valence-electron chi connectivity index (χ4n) is 2.64. The molecule has 0 saturated carbocycles. The molecule has 2 rings (SSSR count). The van der Waals surface area contributed by atoms with Crippen molar-refractivity contribution in [3.63, 3.8) is 0 Å². The SMILES string of the molecule is CCOC(=O)[C@H](Cc1ccc(NC(=O)c2ccccc2)cc1)NC(=O)OC(C)(C)C. The number of nitrogens with one attached hydrogen (secondary N) is 2. The molecule has 0 aliphatic rings. The van der Waals surface area contributed by atoms with Crippen molar-refractivity contribution in [3.8, 4) is 0 Å². The van der Waals surface area contributed by atoms with E-state index in [9.17, 15) is 14.4 Å². The molecule has 0 unspecified atom stereocenters. The van der Waals surface area contributed by atoms with Crippen LogP contribution in [0.4, 0.5) is 10.5 Å². The molecule has 0 fully saturated rings. The second kappa shape index (κ2) is 10.4. The Labute approximate surface area is 176 Å². The molecule has 0 aromatic heterocycles. The van der Waals surface area contributed by atoms with Crippen molar-refractivity contribution < 1.29 is 23.9 Å². The van der Waals surface area contributed by atoms with E-state index in [1.807, 2.05) is 6.07 Å². The standard InChI is InChI=1S/C23H28N2O5/c1-5-29-21(27)19(25-22(28)30-23(2,3)4)15-16-11-13-18(14-12-16)24-20(26)17-9-7-6-8-10-17/h6-14,19H,5,15H2,1-4H3,(H,24,26)(H,25,28)/t19-/m0/s1. The average Bonchev–Trinajstić information content (AvgIpc) is 2.68. The van der Waals surface area contributed by atoms with E-state index in [2.05, 4.69) is 10.6 Å². The van der Waals surface area contributed by atoms with Gasteiger partial charge in [-0.15, -0.1) is 0 Å². The van der Waals surface area contributed by atoms with Crippen molar-refractivity contribution in [1.82, 2.24) is 5.32 Å². The van der Waals surface area contributed by atoms with Crippen LogP contribution in [-0.2, 0) is 20.7 Å². The quantitative estimate of drug-likeness (QED) is 0.672. The number of alkyl carbamates (subject to hydrolysis) is 1. The lowest BCUT2D eigenvalue weighted by Crippen LogP contribution is -2.45. The van der Waals surface area contributed by atoms with E-state index in [1.165, 1.54) is 0 Å². The van der Waals surface area contributed by atoms with Crippen LogP contribution in [0.5, 0.6) is 0 Å². The van der Waals surface area contributed by atoms with Gasteiger partial charge in [-0.1, -0.05) is 30.3 Å². The van der Waals surface area contributed by atoms with Gasteiger partial charge in [0, 0.05) is 17.7 Å². The molecule has 2 aromatic carbocycles. The van der Waals surface area contributed by atoms with Gasteiger partial charge >= 0.3 is 12.1 Å². The summed E-state index contributed by atoms with van der Waals surface area (Å²) in [5.41, 5.74) is 1.30. The van der Waals surface area contributed by atoms with Crippen molar-refractivity contribution in [3.05, 3.63) is 65.7 Å². The summed E-state index contributed by atoms with van der Waals surface area (Å²) in [7, 11) is 0. The lowest BCUT2D eigenvalue weighted by molar-refractivity contribution is -0.145. The molecule has 2 aromatic rings. The third-order valence-corrected chi connectivity index (χ3v) is 3.95. The van der Waals surface area contributed by atoms with E-state index in [-0.39, 0.29) is 18.9 Å². The molecule has 2 N–H and O–H groups in total. The van der Waals surface area contributed by atoms with Gasteiger partial charge in [0.25, 0.3) is 5.91 Å². The molecule has 2 amide bonds. The zero-order valence-electron chi connectivity index (χ0n) is 17.7. The van der Waals surface area contributed by atoms with Crippen LogP contribution in [0.15, 0.2) is 54.6 Å². The first-order chi connectivity index (χ1) is 14.2. The molecule has 1 atom stereocenters. The zero-order valence-corrected chi connectivity index (χ0v) is 17.7. The summed E-state index contributed by atoms with van der Waals surface area (Å²) in [5, 5.41) is 5.39. The van der Waals surface area contributed by atoms with Crippen LogP contribution >= 0.6 is 0 Å². The van der Waals surface area contributed by atoms with Crippen LogP contribution in [0.2, 0.25) is 0 Å². The van der Waals surface area contributed by atoms with Gasteiger partial charge in [0.15, 0.2) is 0 Å². The summed E-state index contributed by atoms with van der Waals surface area (Å²) in [6, 6.07) is 15.1. The minimum Gasteiger partial charge on any atom is -0.464 e. The second-order valence-electron chi connectivity index (χ2n) is 7.67. The lowest BCUT2D eigenvalue weighted by atomic mass is 10.1. The van der Waals surface area contributed by atoms with Gasteiger partial charge in [-0.3, -0.25) is 4.79 Å². The fraction of sp³-hybridized carbons (Fsp3) is 0.348. The Kier molecular flexibility index (Phi) is 7.98. The molecule has 7 heteroatoms. The maximum atomic E-state index is 12.3. The number of rotatable bonds is 7. The third kappa shape index (κ3) is 7.58. The minimum absolute atomic E-state index is 0.204. The van der Waals surface area contributed by atoms with Crippen LogP contribution in [0.1, 0.15) is 43.6 Å². The van der Waals surface area contributed by atoms with Crippen LogP contribution in [-0.4, -0.2) is 36.2 Å². The first kappa shape index (κ1) is 22.9. The molecule has 0 saturated heterocycles. The fourth-order valence-corrected chi connectivity index (χ4v) is 2.64. The summed E-state index contributed by atoms with van der Waals surface area (Å²) >= 11 is 0. The topological polar surface area (TPSA) is 93.7 Å². The van der Waals surface area contributed by atoms with Gasteiger partial charge in [-0.2, -0.15) is 0 Å². The van der Waals surface area contributed by atoms with Crippen molar-refractivity contribution in [2.75, 3.05) is 11.9 Å². The Hall–Kier alpha value is -3.35. The predicted octanol–water partition coefficient (Wildman–Crippen LogP) is 3.94. The normalized spacial score (nSPS) is 11.9. The number of esters is 1. The summed E-state index contributed by atoms with van der Waals surface area (Å²) in [4.78, 5) is 36.6. The highest BCUT2D eigenvalue weighted by molar-refractivity contribution is 6.04. The number of hydrogen-bond acceptors (Lipinski definition) is 5.